The molecule has 0 aliphatic rings. The van der Waals surface area contributed by atoms with Crippen LogP contribution in [0.2, 0.25) is 0 Å². The number of methoxy groups -OCH3 is 1. The fourth-order valence-electron chi connectivity index (χ4n) is 4.09. The van der Waals surface area contributed by atoms with E-state index in [2.05, 4.69) is 4.98 Å². The molecule has 4 rings (SSSR count). The number of benzene rings is 3. The van der Waals surface area contributed by atoms with E-state index >= 15 is 0 Å². The Morgan fingerprint density at radius 3 is 2.05 bits per heavy atom. The Balaban J connectivity index is 1.94. The molecule has 0 fully saturated rings. The van der Waals surface area contributed by atoms with E-state index in [1.807, 2.05) is 0 Å². The van der Waals surface area contributed by atoms with Crippen molar-refractivity contribution in [3.05, 3.63) is 99.6 Å². The van der Waals surface area contributed by atoms with Crippen molar-refractivity contribution in [2.75, 3.05) is 7.11 Å². The molecule has 0 saturated heterocycles. The third kappa shape index (κ3) is 4.55. The molecule has 0 saturated carbocycles. The van der Waals surface area contributed by atoms with E-state index in [1.54, 1.807) is 49.4 Å². The standard InChI is InChI=1S/C26H20F6N2O3/c1-15-12-19-20(14-21(15)37-2)33-22(13-16-6-4-3-5-7-16)34(23(19)35)18-10-8-17(9-11-18)24(36,25(27,28)29)26(30,31)32/h3-12,14,36H,13H2,1-2H3. The molecule has 0 aliphatic heterocycles. The quantitative estimate of drug-likeness (QED) is 0.347. The summed E-state index contributed by atoms with van der Waals surface area (Å²) in [7, 11) is 1.46. The van der Waals surface area contributed by atoms with Crippen molar-refractivity contribution in [2.24, 2.45) is 0 Å². The summed E-state index contributed by atoms with van der Waals surface area (Å²) in [6.07, 6.45) is -11.9. The van der Waals surface area contributed by atoms with Crippen LogP contribution in [0, 0.1) is 6.92 Å². The number of nitrogens with zero attached hydrogens (tertiary/aromatic N) is 2. The van der Waals surface area contributed by atoms with Crippen molar-refractivity contribution in [1.82, 2.24) is 9.55 Å². The molecule has 1 heterocycles. The van der Waals surface area contributed by atoms with Gasteiger partial charge in [-0.1, -0.05) is 42.5 Å². The van der Waals surface area contributed by atoms with E-state index < -0.39 is 29.1 Å². The van der Waals surface area contributed by atoms with E-state index in [4.69, 9.17) is 4.74 Å². The number of alkyl halides is 6. The number of hydrogen-bond donors (Lipinski definition) is 1. The van der Waals surface area contributed by atoms with Crippen LogP contribution in [0.4, 0.5) is 26.3 Å². The van der Waals surface area contributed by atoms with Gasteiger partial charge in [-0.15, -0.1) is 0 Å². The smallest absolute Gasteiger partial charge is 0.430 e. The average Bonchev–Trinajstić information content (AvgIpc) is 2.83. The fourth-order valence-corrected chi connectivity index (χ4v) is 4.09. The number of aromatic nitrogens is 2. The number of aliphatic hydroxyl groups is 1. The lowest BCUT2D eigenvalue weighted by Crippen LogP contribution is -2.53. The van der Waals surface area contributed by atoms with Crippen molar-refractivity contribution < 1.29 is 36.2 Å². The molecule has 0 unspecified atom stereocenters. The third-order valence-corrected chi connectivity index (χ3v) is 6.02. The van der Waals surface area contributed by atoms with E-state index in [-0.39, 0.29) is 23.3 Å². The van der Waals surface area contributed by atoms with Gasteiger partial charge in [0, 0.05) is 18.1 Å². The molecule has 11 heteroatoms. The Morgan fingerprint density at radius 2 is 1.51 bits per heavy atom. The second-order valence-corrected chi connectivity index (χ2v) is 8.42. The first-order valence-electron chi connectivity index (χ1n) is 10.9. The van der Waals surface area contributed by atoms with Crippen LogP contribution in [0.25, 0.3) is 16.6 Å². The summed E-state index contributed by atoms with van der Waals surface area (Å²) < 4.78 is 86.3. The molecule has 0 bridgehead atoms. The molecule has 5 nitrogen and oxygen atoms in total. The minimum atomic E-state index is -6.02. The van der Waals surface area contributed by atoms with Gasteiger partial charge in [0.2, 0.25) is 0 Å². The first-order valence-corrected chi connectivity index (χ1v) is 10.9. The number of rotatable bonds is 5. The summed E-state index contributed by atoms with van der Waals surface area (Å²) >= 11 is 0. The van der Waals surface area contributed by atoms with E-state index in [1.165, 1.54) is 7.11 Å². The number of aryl methyl sites for hydroxylation is 1. The Bertz CT molecular complexity index is 1480. The zero-order valence-corrected chi connectivity index (χ0v) is 19.5. The van der Waals surface area contributed by atoms with Crippen molar-refractivity contribution in [3.63, 3.8) is 0 Å². The van der Waals surface area contributed by atoms with Gasteiger partial charge in [-0.25, -0.2) is 4.98 Å². The topological polar surface area (TPSA) is 64.3 Å². The van der Waals surface area contributed by atoms with Gasteiger partial charge in [-0.05, 0) is 36.2 Å². The molecule has 4 aromatic rings. The van der Waals surface area contributed by atoms with Gasteiger partial charge in [0.1, 0.15) is 11.6 Å². The second-order valence-electron chi connectivity index (χ2n) is 8.42. The summed E-state index contributed by atoms with van der Waals surface area (Å²) in [6.45, 7) is 1.71. The summed E-state index contributed by atoms with van der Waals surface area (Å²) in [5, 5.41) is 9.88. The monoisotopic (exact) mass is 522 g/mol. The van der Waals surface area contributed by atoms with Gasteiger partial charge < -0.3 is 9.84 Å². The number of fused-ring (bicyclic) bond motifs is 1. The highest BCUT2D eigenvalue weighted by Gasteiger charge is 2.71. The first kappa shape index (κ1) is 26.2. The number of hydrogen-bond acceptors (Lipinski definition) is 4. The minimum Gasteiger partial charge on any atom is -0.496 e. The Labute approximate surface area is 206 Å². The van der Waals surface area contributed by atoms with Crippen LogP contribution < -0.4 is 10.3 Å². The molecule has 0 aliphatic carbocycles. The maximum absolute atomic E-state index is 13.6. The molecule has 0 amide bonds. The van der Waals surface area contributed by atoms with Gasteiger partial charge >= 0.3 is 12.4 Å². The molecule has 1 N–H and O–H groups in total. The first-order chi connectivity index (χ1) is 17.3. The van der Waals surface area contributed by atoms with E-state index in [9.17, 15) is 36.2 Å². The second kappa shape index (κ2) is 9.22. The maximum Gasteiger partial charge on any atom is 0.430 e. The molecule has 194 valence electrons. The van der Waals surface area contributed by atoms with Gasteiger partial charge in [-0.3, -0.25) is 9.36 Å². The van der Waals surface area contributed by atoms with Crippen LogP contribution in [0.3, 0.4) is 0 Å². The molecular weight excluding hydrogens is 502 g/mol. The largest absolute Gasteiger partial charge is 0.496 e. The van der Waals surface area contributed by atoms with Crippen molar-refractivity contribution in [2.45, 2.75) is 31.3 Å². The summed E-state index contributed by atoms with van der Waals surface area (Å²) in [4.78, 5) is 18.1. The molecular formula is C26H20F6N2O3. The molecule has 1 aromatic heterocycles. The lowest BCUT2D eigenvalue weighted by molar-refractivity contribution is -0.376. The fraction of sp³-hybridized carbons (Fsp3) is 0.231. The van der Waals surface area contributed by atoms with E-state index in [0.29, 0.717) is 29.0 Å². The van der Waals surface area contributed by atoms with Crippen molar-refractivity contribution in [3.8, 4) is 11.4 Å². The van der Waals surface area contributed by atoms with Crippen LogP contribution in [0.1, 0.15) is 22.5 Å². The summed E-state index contributed by atoms with van der Waals surface area (Å²) in [5.74, 6) is 0.690. The van der Waals surface area contributed by atoms with Crippen molar-refractivity contribution in [1.29, 1.82) is 0 Å². The van der Waals surface area contributed by atoms with Crippen molar-refractivity contribution >= 4 is 10.9 Å². The van der Waals surface area contributed by atoms with Crippen LogP contribution in [0.15, 0.2) is 71.5 Å². The highest BCUT2D eigenvalue weighted by molar-refractivity contribution is 5.81. The number of ether oxygens (including phenoxy) is 1. The van der Waals surface area contributed by atoms with Crippen LogP contribution in [-0.4, -0.2) is 34.1 Å². The Hall–Kier alpha value is -3.86. The zero-order valence-electron chi connectivity index (χ0n) is 19.5. The van der Waals surface area contributed by atoms with Gasteiger partial charge in [0.05, 0.1) is 23.7 Å². The molecule has 3 aromatic carbocycles. The van der Waals surface area contributed by atoms with Crippen LogP contribution >= 0.6 is 0 Å². The van der Waals surface area contributed by atoms with Crippen LogP contribution in [-0.2, 0) is 12.0 Å². The maximum atomic E-state index is 13.6. The molecule has 0 radical (unpaired) electrons. The van der Waals surface area contributed by atoms with Gasteiger partial charge in [0.15, 0.2) is 0 Å². The predicted octanol–water partition coefficient (Wildman–Crippen LogP) is 5.61. The van der Waals surface area contributed by atoms with E-state index in [0.717, 1.165) is 22.3 Å². The molecule has 0 atom stereocenters. The SMILES string of the molecule is COc1cc2nc(Cc3ccccc3)n(-c3ccc(C(O)(C(F)(F)F)C(F)(F)F)cc3)c(=O)c2cc1C. The van der Waals surface area contributed by atoms with Gasteiger partial charge in [0.25, 0.3) is 11.2 Å². The highest BCUT2D eigenvalue weighted by atomic mass is 19.4. The molecule has 0 spiro atoms. The molecule has 37 heavy (non-hydrogen) atoms. The summed E-state index contributed by atoms with van der Waals surface area (Å²) in [6, 6.07) is 14.9. The predicted molar refractivity (Wildman–Crippen MR) is 124 cm³/mol. The Morgan fingerprint density at radius 1 is 0.919 bits per heavy atom. The number of halogens is 6. The minimum absolute atomic E-state index is 0.0192. The third-order valence-electron chi connectivity index (χ3n) is 6.02. The Kier molecular flexibility index (Phi) is 6.53. The highest BCUT2D eigenvalue weighted by Crippen LogP contribution is 2.50. The van der Waals surface area contributed by atoms with Gasteiger partial charge in [-0.2, -0.15) is 26.3 Å². The van der Waals surface area contributed by atoms with Crippen LogP contribution in [0.5, 0.6) is 5.75 Å². The lowest BCUT2D eigenvalue weighted by Gasteiger charge is -2.32. The lowest BCUT2D eigenvalue weighted by atomic mass is 9.92. The average molecular weight is 522 g/mol. The normalized spacial score (nSPS) is 12.7. The zero-order chi connectivity index (χ0) is 27.2. The summed E-state index contributed by atoms with van der Waals surface area (Å²) in [5.41, 5.74) is -5.39.